The van der Waals surface area contributed by atoms with E-state index < -0.39 is 5.97 Å². The van der Waals surface area contributed by atoms with Crippen molar-refractivity contribution in [3.05, 3.63) is 70.2 Å². The molecule has 0 saturated carbocycles. The second kappa shape index (κ2) is 6.58. The van der Waals surface area contributed by atoms with Crippen LogP contribution in [0.25, 0.3) is 0 Å². The number of carboxylic acid groups (broad SMARTS) is 1. The van der Waals surface area contributed by atoms with Crippen molar-refractivity contribution in [2.24, 2.45) is 0 Å². The largest absolute Gasteiger partial charge is 0.481 e. The second-order valence-corrected chi connectivity index (χ2v) is 5.23. The summed E-state index contributed by atoms with van der Waals surface area (Å²) in [5.74, 6) is -0.944. The van der Waals surface area contributed by atoms with Crippen molar-refractivity contribution in [3.8, 4) is 0 Å². The molecule has 1 unspecified atom stereocenters. The SMILES string of the molecule is CCc1ccc(C(CC(=O)O)c2ccc(Cl)cc2)cc1. The van der Waals surface area contributed by atoms with Gasteiger partial charge < -0.3 is 5.11 Å². The minimum absolute atomic E-state index is 0.0765. The van der Waals surface area contributed by atoms with Gasteiger partial charge in [-0.3, -0.25) is 4.79 Å². The first kappa shape index (κ1) is 14.6. The smallest absolute Gasteiger partial charge is 0.304 e. The van der Waals surface area contributed by atoms with Gasteiger partial charge in [0.25, 0.3) is 0 Å². The van der Waals surface area contributed by atoms with E-state index in [2.05, 4.69) is 19.1 Å². The number of hydrogen-bond donors (Lipinski definition) is 1. The van der Waals surface area contributed by atoms with E-state index in [1.807, 2.05) is 24.3 Å². The van der Waals surface area contributed by atoms with Gasteiger partial charge in [-0.25, -0.2) is 0 Å². The van der Waals surface area contributed by atoms with Crippen LogP contribution in [0.5, 0.6) is 0 Å². The van der Waals surface area contributed by atoms with Gasteiger partial charge in [0.2, 0.25) is 0 Å². The number of benzene rings is 2. The van der Waals surface area contributed by atoms with Crippen molar-refractivity contribution in [2.45, 2.75) is 25.7 Å². The molecule has 3 heteroatoms. The Kier molecular flexibility index (Phi) is 4.80. The quantitative estimate of drug-likeness (QED) is 0.879. The minimum Gasteiger partial charge on any atom is -0.481 e. The Balaban J connectivity index is 2.35. The van der Waals surface area contributed by atoms with E-state index in [-0.39, 0.29) is 12.3 Å². The van der Waals surface area contributed by atoms with Crippen molar-refractivity contribution in [2.75, 3.05) is 0 Å². The van der Waals surface area contributed by atoms with Crippen molar-refractivity contribution < 1.29 is 9.90 Å². The molecule has 0 saturated heterocycles. The van der Waals surface area contributed by atoms with Crippen molar-refractivity contribution >= 4 is 17.6 Å². The highest BCUT2D eigenvalue weighted by molar-refractivity contribution is 6.30. The predicted octanol–water partition coefficient (Wildman–Crippen LogP) is 4.51. The maximum atomic E-state index is 11.1. The summed E-state index contributed by atoms with van der Waals surface area (Å²) in [4.78, 5) is 11.1. The highest BCUT2D eigenvalue weighted by atomic mass is 35.5. The summed E-state index contributed by atoms with van der Waals surface area (Å²) >= 11 is 5.89. The Bertz CT molecular complexity index is 573. The lowest BCUT2D eigenvalue weighted by Crippen LogP contribution is -2.08. The fourth-order valence-corrected chi connectivity index (χ4v) is 2.41. The molecule has 1 atom stereocenters. The molecule has 0 spiro atoms. The normalized spacial score (nSPS) is 12.1. The van der Waals surface area contributed by atoms with Crippen LogP contribution < -0.4 is 0 Å². The number of aryl methyl sites for hydroxylation is 1. The van der Waals surface area contributed by atoms with Gasteiger partial charge in [-0.2, -0.15) is 0 Å². The van der Waals surface area contributed by atoms with Crippen molar-refractivity contribution in [1.82, 2.24) is 0 Å². The van der Waals surface area contributed by atoms with Crippen LogP contribution in [0.15, 0.2) is 48.5 Å². The molecular weight excluding hydrogens is 272 g/mol. The standard InChI is InChI=1S/C17H17ClO2/c1-2-12-3-5-13(6-4-12)16(11-17(19)20)14-7-9-15(18)10-8-14/h3-10,16H,2,11H2,1H3,(H,19,20). The third kappa shape index (κ3) is 3.61. The predicted molar refractivity (Wildman–Crippen MR) is 81.4 cm³/mol. The zero-order valence-electron chi connectivity index (χ0n) is 11.3. The van der Waals surface area contributed by atoms with Crippen LogP contribution in [0.2, 0.25) is 5.02 Å². The van der Waals surface area contributed by atoms with E-state index in [0.717, 1.165) is 17.5 Å². The number of rotatable bonds is 5. The Morgan fingerprint density at radius 2 is 1.55 bits per heavy atom. The molecule has 0 radical (unpaired) electrons. The summed E-state index contributed by atoms with van der Waals surface area (Å²) in [6.07, 6.45) is 1.05. The summed E-state index contributed by atoms with van der Waals surface area (Å²) in [6.45, 7) is 2.10. The van der Waals surface area contributed by atoms with Gasteiger partial charge in [-0.05, 0) is 35.2 Å². The first-order valence-corrected chi connectivity index (χ1v) is 7.04. The maximum Gasteiger partial charge on any atom is 0.304 e. The van der Waals surface area contributed by atoms with Crippen LogP contribution >= 0.6 is 11.6 Å². The van der Waals surface area contributed by atoms with Gasteiger partial charge in [-0.1, -0.05) is 54.9 Å². The Labute approximate surface area is 124 Å². The van der Waals surface area contributed by atoms with E-state index in [1.165, 1.54) is 5.56 Å². The summed E-state index contributed by atoms with van der Waals surface area (Å²) in [6, 6.07) is 15.5. The van der Waals surface area contributed by atoms with E-state index in [4.69, 9.17) is 16.7 Å². The number of hydrogen-bond acceptors (Lipinski definition) is 1. The molecule has 0 amide bonds. The lowest BCUT2D eigenvalue weighted by molar-refractivity contribution is -0.137. The molecule has 20 heavy (non-hydrogen) atoms. The highest BCUT2D eigenvalue weighted by Gasteiger charge is 2.17. The summed E-state index contributed by atoms with van der Waals surface area (Å²) in [5, 5.41) is 9.79. The molecule has 2 aromatic rings. The maximum absolute atomic E-state index is 11.1. The van der Waals surface area contributed by atoms with Crippen LogP contribution in [-0.4, -0.2) is 11.1 Å². The molecule has 0 heterocycles. The monoisotopic (exact) mass is 288 g/mol. The third-order valence-electron chi connectivity index (χ3n) is 3.44. The zero-order chi connectivity index (χ0) is 14.5. The van der Waals surface area contributed by atoms with Crippen LogP contribution in [0.4, 0.5) is 0 Å². The van der Waals surface area contributed by atoms with Gasteiger partial charge >= 0.3 is 5.97 Å². The van der Waals surface area contributed by atoms with Gasteiger partial charge in [0.15, 0.2) is 0 Å². The first-order valence-electron chi connectivity index (χ1n) is 6.66. The van der Waals surface area contributed by atoms with Crippen molar-refractivity contribution in [1.29, 1.82) is 0 Å². The molecule has 104 valence electrons. The number of aliphatic carboxylic acids is 1. The Morgan fingerprint density at radius 1 is 1.05 bits per heavy atom. The Hall–Kier alpha value is -1.80. The first-order chi connectivity index (χ1) is 9.60. The van der Waals surface area contributed by atoms with Crippen LogP contribution in [0.3, 0.4) is 0 Å². The molecule has 0 aliphatic heterocycles. The highest BCUT2D eigenvalue weighted by Crippen LogP contribution is 2.29. The molecule has 0 fully saturated rings. The van der Waals surface area contributed by atoms with E-state index in [9.17, 15) is 4.79 Å². The lowest BCUT2D eigenvalue weighted by atomic mass is 9.88. The fraction of sp³-hybridized carbons (Fsp3) is 0.235. The molecule has 0 aliphatic rings. The minimum atomic E-state index is -0.801. The van der Waals surface area contributed by atoms with Gasteiger partial charge in [-0.15, -0.1) is 0 Å². The summed E-state index contributed by atoms with van der Waals surface area (Å²) in [5.41, 5.74) is 3.24. The van der Waals surface area contributed by atoms with Crippen molar-refractivity contribution in [3.63, 3.8) is 0 Å². The molecule has 0 aromatic heterocycles. The second-order valence-electron chi connectivity index (χ2n) is 4.80. The van der Waals surface area contributed by atoms with Crippen LogP contribution in [0.1, 0.15) is 36.0 Å². The molecule has 2 nitrogen and oxygen atoms in total. The number of carbonyl (C=O) groups is 1. The van der Waals surface area contributed by atoms with Gasteiger partial charge in [0, 0.05) is 10.9 Å². The molecular formula is C17H17ClO2. The summed E-state index contributed by atoms with van der Waals surface area (Å²) < 4.78 is 0. The average molecular weight is 289 g/mol. The molecule has 2 rings (SSSR count). The number of halogens is 1. The zero-order valence-corrected chi connectivity index (χ0v) is 12.1. The molecule has 0 bridgehead atoms. The lowest BCUT2D eigenvalue weighted by Gasteiger charge is -2.16. The summed E-state index contributed by atoms with van der Waals surface area (Å²) in [7, 11) is 0. The molecule has 2 aromatic carbocycles. The average Bonchev–Trinajstić information content (AvgIpc) is 2.46. The third-order valence-corrected chi connectivity index (χ3v) is 3.69. The van der Waals surface area contributed by atoms with E-state index >= 15 is 0 Å². The topological polar surface area (TPSA) is 37.3 Å². The number of carboxylic acids is 1. The molecule has 0 aliphatic carbocycles. The molecule has 1 N–H and O–H groups in total. The van der Waals surface area contributed by atoms with E-state index in [1.54, 1.807) is 12.1 Å². The van der Waals surface area contributed by atoms with Crippen LogP contribution in [-0.2, 0) is 11.2 Å². The Morgan fingerprint density at radius 3 is 2.00 bits per heavy atom. The van der Waals surface area contributed by atoms with E-state index in [0.29, 0.717) is 5.02 Å². The van der Waals surface area contributed by atoms with Crippen LogP contribution in [0, 0.1) is 0 Å². The fourth-order valence-electron chi connectivity index (χ4n) is 2.28. The van der Waals surface area contributed by atoms with Gasteiger partial charge in [0.05, 0.1) is 6.42 Å². The van der Waals surface area contributed by atoms with Gasteiger partial charge in [0.1, 0.15) is 0 Å².